The summed E-state index contributed by atoms with van der Waals surface area (Å²) in [5.41, 5.74) is 0.180. The van der Waals surface area contributed by atoms with Crippen molar-refractivity contribution in [3.05, 3.63) is 17.1 Å². The number of unbranched alkanes of at least 4 members (excludes halogenated alkanes) is 10. The summed E-state index contributed by atoms with van der Waals surface area (Å²) in [5.74, 6) is -0.875. The summed E-state index contributed by atoms with van der Waals surface area (Å²) >= 11 is 0. The summed E-state index contributed by atoms with van der Waals surface area (Å²) in [6, 6.07) is 0. The highest BCUT2D eigenvalue weighted by molar-refractivity contribution is 5.93. The van der Waals surface area contributed by atoms with Crippen LogP contribution in [0.15, 0.2) is 17.5 Å². The molecule has 0 rings (SSSR count). The van der Waals surface area contributed by atoms with Crippen molar-refractivity contribution < 1.29 is 24.3 Å². The van der Waals surface area contributed by atoms with Gasteiger partial charge in [0.2, 0.25) is 0 Å². The molecule has 0 saturated carbocycles. The minimum atomic E-state index is -0.481. The molecular weight excluding hydrogens is 362 g/mol. The average molecular weight is 402 g/mol. The first-order valence-corrected chi connectivity index (χ1v) is 10.5. The van der Waals surface area contributed by atoms with Gasteiger partial charge in [0.15, 0.2) is 5.34 Å². The van der Waals surface area contributed by atoms with Gasteiger partial charge in [0.05, 0.1) is 19.6 Å². The van der Waals surface area contributed by atoms with Crippen molar-refractivity contribution in [3.63, 3.8) is 0 Å². The van der Waals surface area contributed by atoms with Gasteiger partial charge in [-0.15, -0.1) is 4.91 Å². The van der Waals surface area contributed by atoms with Gasteiger partial charge in [-0.25, -0.2) is 4.79 Å². The molecule has 0 bridgehead atoms. The molecule has 0 unspecified atom stereocenters. The third-order valence-electron chi connectivity index (χ3n) is 4.14. The summed E-state index contributed by atoms with van der Waals surface area (Å²) in [4.78, 5) is 31.6. The molecule has 0 aromatic heterocycles. The van der Waals surface area contributed by atoms with Crippen LogP contribution in [-0.2, 0) is 19.1 Å². The molecule has 0 radical (unpaired) electrons. The fourth-order valence-electron chi connectivity index (χ4n) is 2.52. The normalized spacial score (nSPS) is 9.79. The molecule has 0 spiro atoms. The van der Waals surface area contributed by atoms with Crippen LogP contribution in [0.3, 0.4) is 0 Å². The van der Waals surface area contributed by atoms with Crippen LogP contribution < -0.4 is 0 Å². The van der Waals surface area contributed by atoms with Gasteiger partial charge in [0.25, 0.3) is 0 Å². The van der Waals surface area contributed by atoms with Gasteiger partial charge in [-0.05, 0) is 12.8 Å². The second-order valence-electron chi connectivity index (χ2n) is 6.75. The van der Waals surface area contributed by atoms with Gasteiger partial charge in [-0.1, -0.05) is 84.6 Å². The topological polar surface area (TPSA) is 102 Å². The van der Waals surface area contributed by atoms with Crippen molar-refractivity contribution in [1.29, 1.82) is 0 Å². The first-order valence-electron chi connectivity index (χ1n) is 10.5. The number of carbonyl (C=O) groups excluding carboxylic acids is 2. The molecule has 0 aromatic carbocycles. The lowest BCUT2D eigenvalue weighted by molar-refractivity contribution is -0.146. The Morgan fingerprint density at radius 2 is 1.18 bits per heavy atom. The van der Waals surface area contributed by atoms with Crippen molar-refractivity contribution in [3.8, 4) is 0 Å². The minimum Gasteiger partial charge on any atom is -0.465 e. The predicted molar refractivity (Wildman–Crippen MR) is 110 cm³/mol. The molecule has 1 N–H and O–H groups in total. The van der Waals surface area contributed by atoms with Crippen molar-refractivity contribution in [2.24, 2.45) is 5.34 Å². The zero-order valence-electron chi connectivity index (χ0n) is 17.7. The van der Waals surface area contributed by atoms with E-state index in [2.05, 4.69) is 20.4 Å². The number of rotatable bonds is 17. The van der Waals surface area contributed by atoms with E-state index in [1.54, 1.807) is 0 Å². The van der Waals surface area contributed by atoms with E-state index in [1.807, 2.05) is 0 Å². The highest BCUT2D eigenvalue weighted by Gasteiger charge is 2.14. The molecule has 0 aromatic rings. The van der Waals surface area contributed by atoms with Crippen LogP contribution in [0.4, 0.5) is 0 Å². The molecule has 164 valence electrons. The van der Waals surface area contributed by atoms with Crippen LogP contribution in [0, 0.1) is 4.91 Å². The quantitative estimate of drug-likeness (QED) is 0.107. The molecule has 0 aliphatic rings. The smallest absolute Gasteiger partial charge is 0.333 e. The Labute approximate surface area is 169 Å². The standard InChI is InChI=1S/C21H38O4.HNO2/c1-4-6-8-10-12-14-16-24-20(22)18-19(3)21(23)25-17-15-13-11-9-7-5-2;2-1-3/h3-18H2,1-2H3;(H,2,3). The molecule has 0 saturated heterocycles. The lowest BCUT2D eigenvalue weighted by Gasteiger charge is -2.08. The lowest BCUT2D eigenvalue weighted by Crippen LogP contribution is -2.14. The SMILES string of the molecule is C=C(CC(=O)OCCCCCCCC)C(=O)OCCCCCCCC.O=NO. The molecule has 7 nitrogen and oxygen atoms in total. The first kappa shape index (κ1) is 28.3. The molecule has 0 aliphatic heterocycles. The van der Waals surface area contributed by atoms with Crippen molar-refractivity contribution in [2.75, 3.05) is 13.2 Å². The maximum absolute atomic E-state index is 11.8. The van der Waals surface area contributed by atoms with E-state index in [4.69, 9.17) is 19.6 Å². The van der Waals surface area contributed by atoms with Crippen LogP contribution in [0.2, 0.25) is 0 Å². The molecule has 0 heterocycles. The van der Waals surface area contributed by atoms with Crippen LogP contribution >= 0.6 is 0 Å². The van der Waals surface area contributed by atoms with Gasteiger partial charge in [0.1, 0.15) is 0 Å². The van der Waals surface area contributed by atoms with Crippen molar-refractivity contribution in [2.45, 2.75) is 97.3 Å². The number of nitrogens with zero attached hydrogens (tertiary/aromatic N) is 1. The Balaban J connectivity index is 0. The molecule has 0 amide bonds. The molecule has 28 heavy (non-hydrogen) atoms. The summed E-state index contributed by atoms with van der Waals surface area (Å²) in [6.07, 6.45) is 13.6. The molecular formula is C21H39NO6. The number of hydrogen-bond donors (Lipinski definition) is 1. The highest BCUT2D eigenvalue weighted by atomic mass is 16.6. The van der Waals surface area contributed by atoms with Gasteiger partial charge in [-0.2, -0.15) is 0 Å². The van der Waals surface area contributed by atoms with Crippen LogP contribution in [0.25, 0.3) is 0 Å². The minimum absolute atomic E-state index is 0.0782. The Kier molecular flexibility index (Phi) is 23.4. The Hall–Kier alpha value is -1.92. The second-order valence-corrected chi connectivity index (χ2v) is 6.75. The fourth-order valence-corrected chi connectivity index (χ4v) is 2.52. The Bertz CT molecular complexity index is 412. The van der Waals surface area contributed by atoms with E-state index < -0.39 is 11.9 Å². The molecule has 0 atom stereocenters. The number of ether oxygens (including phenoxy) is 2. The van der Waals surface area contributed by atoms with Gasteiger partial charge in [0, 0.05) is 5.57 Å². The second kappa shape index (κ2) is 23.1. The predicted octanol–water partition coefficient (Wildman–Crippen LogP) is 5.88. The van der Waals surface area contributed by atoms with Crippen molar-refractivity contribution in [1.82, 2.24) is 0 Å². The van der Waals surface area contributed by atoms with E-state index in [9.17, 15) is 9.59 Å². The van der Waals surface area contributed by atoms with Crippen LogP contribution in [-0.4, -0.2) is 30.4 Å². The third-order valence-corrected chi connectivity index (χ3v) is 4.14. The van der Waals surface area contributed by atoms with E-state index in [-0.39, 0.29) is 12.0 Å². The van der Waals surface area contributed by atoms with Crippen LogP contribution in [0.5, 0.6) is 0 Å². The van der Waals surface area contributed by atoms with E-state index in [0.717, 1.165) is 25.7 Å². The fraction of sp³-hybridized carbons (Fsp3) is 0.810. The number of carbonyl (C=O) groups is 2. The van der Waals surface area contributed by atoms with E-state index in [1.165, 1.54) is 56.7 Å². The zero-order chi connectivity index (χ0) is 21.5. The van der Waals surface area contributed by atoms with Gasteiger partial charge < -0.3 is 14.7 Å². The average Bonchev–Trinajstić information content (AvgIpc) is 2.67. The third kappa shape index (κ3) is 22.1. The van der Waals surface area contributed by atoms with E-state index in [0.29, 0.717) is 13.2 Å². The summed E-state index contributed by atoms with van der Waals surface area (Å²) < 4.78 is 10.3. The first-order chi connectivity index (χ1) is 13.5. The lowest BCUT2D eigenvalue weighted by atomic mass is 10.1. The molecule has 7 heteroatoms. The number of hydrogen-bond acceptors (Lipinski definition) is 6. The van der Waals surface area contributed by atoms with Gasteiger partial charge >= 0.3 is 11.9 Å². The van der Waals surface area contributed by atoms with Crippen molar-refractivity contribution >= 4 is 11.9 Å². The zero-order valence-corrected chi connectivity index (χ0v) is 17.7. The Morgan fingerprint density at radius 1 is 0.786 bits per heavy atom. The maximum atomic E-state index is 11.8. The summed E-state index contributed by atoms with van der Waals surface area (Å²) in [5, 5.41) is 7.89. The highest BCUT2D eigenvalue weighted by Crippen LogP contribution is 2.08. The number of esters is 2. The van der Waals surface area contributed by atoms with E-state index >= 15 is 0 Å². The Morgan fingerprint density at radius 3 is 1.64 bits per heavy atom. The molecule has 0 fully saturated rings. The summed E-state index contributed by atoms with van der Waals surface area (Å²) in [6.45, 7) is 8.83. The van der Waals surface area contributed by atoms with Gasteiger partial charge in [-0.3, -0.25) is 4.79 Å². The summed E-state index contributed by atoms with van der Waals surface area (Å²) in [7, 11) is 0. The maximum Gasteiger partial charge on any atom is 0.333 e. The largest absolute Gasteiger partial charge is 0.465 e. The monoisotopic (exact) mass is 401 g/mol. The van der Waals surface area contributed by atoms with Crippen LogP contribution in [0.1, 0.15) is 97.3 Å². The molecule has 0 aliphatic carbocycles.